The Balaban J connectivity index is 1.59. The molecule has 1 aliphatic carbocycles. The quantitative estimate of drug-likeness (QED) is 0.432. The van der Waals surface area contributed by atoms with Gasteiger partial charge in [0.2, 0.25) is 0 Å². The normalized spacial score (nSPS) is 15.0. The molecular weight excluding hydrogens is 440 g/mol. The predicted octanol–water partition coefficient (Wildman–Crippen LogP) is 4.22. The number of nitrogens with zero attached hydrogens (tertiary/aromatic N) is 7. The molecule has 1 aromatic carbocycles. The molecular formula is C23H21ClN8O. The lowest BCUT2D eigenvalue weighted by molar-refractivity contribution is 0.429. The van der Waals surface area contributed by atoms with Crippen LogP contribution in [0.1, 0.15) is 49.7 Å². The molecule has 166 valence electrons. The summed E-state index contributed by atoms with van der Waals surface area (Å²) in [5.41, 5.74) is 1.58. The largest absolute Gasteiger partial charge is 0.269 e. The number of benzene rings is 1. The van der Waals surface area contributed by atoms with E-state index in [2.05, 4.69) is 30.2 Å². The van der Waals surface area contributed by atoms with E-state index in [1.54, 1.807) is 35.8 Å². The highest BCUT2D eigenvalue weighted by molar-refractivity contribution is 6.30. The zero-order chi connectivity index (χ0) is 22.5. The fraction of sp³-hybridized carbons (Fsp3) is 0.304. The first-order valence-electron chi connectivity index (χ1n) is 11.1. The smallest absolute Gasteiger partial charge is 0.268 e. The van der Waals surface area contributed by atoms with E-state index >= 15 is 0 Å². The van der Waals surface area contributed by atoms with Crippen molar-refractivity contribution < 1.29 is 0 Å². The van der Waals surface area contributed by atoms with Gasteiger partial charge in [0.05, 0.1) is 16.6 Å². The van der Waals surface area contributed by atoms with Crippen LogP contribution in [0.15, 0.2) is 41.3 Å². The molecule has 0 radical (unpaired) electrons. The minimum absolute atomic E-state index is 0.278. The van der Waals surface area contributed by atoms with Gasteiger partial charge in [-0.2, -0.15) is 14.5 Å². The number of H-pyrrole nitrogens is 1. The third-order valence-electron chi connectivity index (χ3n) is 6.23. The Bertz CT molecular complexity index is 1560. The van der Waals surface area contributed by atoms with E-state index in [1.807, 2.05) is 12.1 Å². The zero-order valence-electron chi connectivity index (χ0n) is 18.0. The van der Waals surface area contributed by atoms with Gasteiger partial charge in [-0.25, -0.2) is 9.55 Å². The lowest BCUT2D eigenvalue weighted by atomic mass is 9.89. The van der Waals surface area contributed by atoms with E-state index in [-0.39, 0.29) is 5.56 Å². The molecule has 0 aliphatic heterocycles. The van der Waals surface area contributed by atoms with Crippen LogP contribution in [-0.2, 0) is 0 Å². The zero-order valence-corrected chi connectivity index (χ0v) is 18.7. The number of aryl methyl sites for hydroxylation is 1. The van der Waals surface area contributed by atoms with Gasteiger partial charge in [0.25, 0.3) is 17.3 Å². The van der Waals surface area contributed by atoms with Crippen molar-refractivity contribution in [1.82, 2.24) is 39.3 Å². The van der Waals surface area contributed by atoms with Crippen LogP contribution in [0.2, 0.25) is 5.02 Å². The Morgan fingerprint density at radius 3 is 2.76 bits per heavy atom. The molecule has 9 nitrogen and oxygen atoms in total. The molecule has 5 aromatic rings. The van der Waals surface area contributed by atoms with Gasteiger partial charge >= 0.3 is 0 Å². The van der Waals surface area contributed by atoms with Gasteiger partial charge in [0, 0.05) is 22.7 Å². The Morgan fingerprint density at radius 2 is 1.94 bits per heavy atom. The van der Waals surface area contributed by atoms with Crippen LogP contribution >= 0.6 is 11.6 Å². The third kappa shape index (κ3) is 3.39. The Morgan fingerprint density at radius 1 is 1.09 bits per heavy atom. The summed E-state index contributed by atoms with van der Waals surface area (Å²) in [6, 6.07) is 9.11. The van der Waals surface area contributed by atoms with Gasteiger partial charge in [-0.3, -0.25) is 9.89 Å². The van der Waals surface area contributed by atoms with Gasteiger partial charge in [-0.1, -0.05) is 43.0 Å². The number of rotatable bonds is 3. The summed E-state index contributed by atoms with van der Waals surface area (Å²) < 4.78 is 3.05. The summed E-state index contributed by atoms with van der Waals surface area (Å²) in [5.74, 6) is 2.51. The van der Waals surface area contributed by atoms with Crippen molar-refractivity contribution in [2.75, 3.05) is 0 Å². The van der Waals surface area contributed by atoms with Crippen molar-refractivity contribution in [3.8, 4) is 17.2 Å². The van der Waals surface area contributed by atoms with Crippen molar-refractivity contribution in [3.05, 3.63) is 63.6 Å². The number of aromatic nitrogens is 8. The fourth-order valence-electron chi connectivity index (χ4n) is 4.67. The lowest BCUT2D eigenvalue weighted by Gasteiger charge is -2.18. The maximum atomic E-state index is 13.8. The average Bonchev–Trinajstić information content (AvgIpc) is 3.45. The van der Waals surface area contributed by atoms with Gasteiger partial charge in [-0.15, -0.1) is 10.2 Å². The molecule has 1 aliphatic rings. The van der Waals surface area contributed by atoms with Crippen molar-refractivity contribution in [1.29, 1.82) is 0 Å². The second kappa shape index (κ2) is 7.77. The molecule has 1 fully saturated rings. The monoisotopic (exact) mass is 460 g/mol. The molecule has 10 heteroatoms. The Labute approximate surface area is 193 Å². The molecule has 0 amide bonds. The fourth-order valence-corrected chi connectivity index (χ4v) is 4.86. The molecule has 4 heterocycles. The summed E-state index contributed by atoms with van der Waals surface area (Å²) >= 11 is 6.28. The average molecular weight is 461 g/mol. The minimum Gasteiger partial charge on any atom is -0.268 e. The summed E-state index contributed by atoms with van der Waals surface area (Å²) in [7, 11) is 0. The second-order valence-corrected chi connectivity index (χ2v) is 8.88. The Hall–Kier alpha value is -3.59. The third-order valence-corrected chi connectivity index (χ3v) is 6.47. The van der Waals surface area contributed by atoms with Crippen LogP contribution in [0.3, 0.4) is 0 Å². The first-order valence-corrected chi connectivity index (χ1v) is 11.4. The summed E-state index contributed by atoms with van der Waals surface area (Å²) in [4.78, 5) is 27.4. The van der Waals surface area contributed by atoms with E-state index in [9.17, 15) is 4.79 Å². The molecule has 0 saturated heterocycles. The Kier molecular flexibility index (Phi) is 4.72. The maximum absolute atomic E-state index is 13.8. The predicted molar refractivity (Wildman–Crippen MR) is 125 cm³/mol. The highest BCUT2D eigenvalue weighted by Crippen LogP contribution is 2.31. The van der Waals surface area contributed by atoms with Crippen molar-refractivity contribution in [2.24, 2.45) is 0 Å². The number of hydrogen-bond acceptors (Lipinski definition) is 6. The van der Waals surface area contributed by atoms with Crippen LogP contribution < -0.4 is 5.56 Å². The molecule has 1 N–H and O–H groups in total. The number of pyridine rings is 1. The molecule has 0 bridgehead atoms. The van der Waals surface area contributed by atoms with Crippen LogP contribution in [-0.4, -0.2) is 39.3 Å². The standard InChI is InChI=1S/C23H21ClN8O/c1-13-25-22-26-17-10-11-31(23-27-20(28-29-23)14-6-3-2-4-7-14)21(33)18(17)19(32(22)30-13)15-8-5-9-16(24)12-15/h5,8-12,14H,2-4,6-7H2,1H3,(H,27,28,29). The molecule has 0 spiro atoms. The topological polar surface area (TPSA) is 107 Å². The van der Waals surface area contributed by atoms with Crippen LogP contribution in [0.25, 0.3) is 33.9 Å². The SMILES string of the molecule is Cc1nc2nc3ccn(-c4n[nH]c(C5CCCCC5)n4)c(=O)c3c(-c3cccc(Cl)c3)n2n1. The summed E-state index contributed by atoms with van der Waals surface area (Å²) in [6.07, 6.45) is 7.49. The van der Waals surface area contributed by atoms with Crippen LogP contribution in [0.5, 0.6) is 0 Å². The van der Waals surface area contributed by atoms with E-state index in [4.69, 9.17) is 11.6 Å². The summed E-state index contributed by atoms with van der Waals surface area (Å²) in [6.45, 7) is 1.79. The number of halogens is 1. The minimum atomic E-state index is -0.278. The number of fused-ring (bicyclic) bond motifs is 2. The molecule has 33 heavy (non-hydrogen) atoms. The van der Waals surface area contributed by atoms with Gasteiger partial charge in [-0.05, 0) is 38.0 Å². The number of aromatic amines is 1. The lowest BCUT2D eigenvalue weighted by Crippen LogP contribution is -2.21. The van der Waals surface area contributed by atoms with Crippen molar-refractivity contribution >= 4 is 28.3 Å². The molecule has 1 saturated carbocycles. The highest BCUT2D eigenvalue weighted by atomic mass is 35.5. The highest BCUT2D eigenvalue weighted by Gasteiger charge is 2.22. The first kappa shape index (κ1) is 20.0. The van der Waals surface area contributed by atoms with E-state index in [1.165, 1.54) is 23.8 Å². The summed E-state index contributed by atoms with van der Waals surface area (Å²) in [5, 5.41) is 12.9. The number of hydrogen-bond donors (Lipinski definition) is 1. The first-order chi connectivity index (χ1) is 16.1. The van der Waals surface area contributed by atoms with Crippen LogP contribution in [0.4, 0.5) is 0 Å². The molecule has 6 rings (SSSR count). The molecule has 0 atom stereocenters. The maximum Gasteiger partial charge on any atom is 0.269 e. The van der Waals surface area contributed by atoms with Gasteiger partial charge in [0.1, 0.15) is 11.6 Å². The van der Waals surface area contributed by atoms with Crippen LogP contribution in [0, 0.1) is 6.92 Å². The van der Waals surface area contributed by atoms with E-state index in [0.29, 0.717) is 45.1 Å². The van der Waals surface area contributed by atoms with E-state index in [0.717, 1.165) is 24.2 Å². The molecule has 4 aromatic heterocycles. The number of nitrogens with one attached hydrogen (secondary N) is 1. The second-order valence-electron chi connectivity index (χ2n) is 8.45. The van der Waals surface area contributed by atoms with Crippen molar-refractivity contribution in [2.45, 2.75) is 44.9 Å². The molecule has 0 unspecified atom stereocenters. The van der Waals surface area contributed by atoms with E-state index < -0.39 is 0 Å². The van der Waals surface area contributed by atoms with Gasteiger partial charge in [0.15, 0.2) is 0 Å². The van der Waals surface area contributed by atoms with Gasteiger partial charge < -0.3 is 0 Å². The van der Waals surface area contributed by atoms with Crippen molar-refractivity contribution in [3.63, 3.8) is 0 Å².